The van der Waals surface area contributed by atoms with Crippen LogP contribution in [0.5, 0.6) is 0 Å². The number of amides is 1. The lowest BCUT2D eigenvalue weighted by molar-refractivity contribution is -0.117. The second-order valence-electron chi connectivity index (χ2n) is 6.08. The molecule has 0 aliphatic rings. The number of aromatic nitrogens is 2. The van der Waals surface area contributed by atoms with Gasteiger partial charge in [-0.1, -0.05) is 35.5 Å². The van der Waals surface area contributed by atoms with Crippen molar-refractivity contribution in [1.29, 1.82) is 0 Å². The van der Waals surface area contributed by atoms with Gasteiger partial charge >= 0.3 is 0 Å². The van der Waals surface area contributed by atoms with Gasteiger partial charge in [0.2, 0.25) is 5.91 Å². The van der Waals surface area contributed by atoms with Crippen LogP contribution in [-0.2, 0) is 4.79 Å². The highest BCUT2D eigenvalue weighted by atomic mass is 35.5. The van der Waals surface area contributed by atoms with Gasteiger partial charge in [-0.05, 0) is 56.2 Å². The van der Waals surface area contributed by atoms with E-state index in [4.69, 9.17) is 17.3 Å². The lowest BCUT2D eigenvalue weighted by Gasteiger charge is -2.17. The number of fused-ring (bicyclic) bond motifs is 1. The van der Waals surface area contributed by atoms with Crippen molar-refractivity contribution in [2.24, 2.45) is 5.73 Å². The quantitative estimate of drug-likeness (QED) is 0.547. The van der Waals surface area contributed by atoms with Gasteiger partial charge in [0.15, 0.2) is 5.16 Å². The van der Waals surface area contributed by atoms with Crippen LogP contribution < -0.4 is 11.3 Å². The molecule has 0 saturated heterocycles. The summed E-state index contributed by atoms with van der Waals surface area (Å²) in [6.45, 7) is 5.63. The maximum atomic E-state index is 13.2. The van der Waals surface area contributed by atoms with Gasteiger partial charge in [-0.3, -0.25) is 14.2 Å². The molecular formula is C19H18ClN3O2S. The normalized spacial score (nSPS) is 12.3. The highest BCUT2D eigenvalue weighted by molar-refractivity contribution is 8.00. The highest BCUT2D eigenvalue weighted by Gasteiger charge is 2.20. The molecule has 0 spiro atoms. The van der Waals surface area contributed by atoms with Crippen molar-refractivity contribution >= 4 is 40.2 Å². The average molecular weight is 388 g/mol. The van der Waals surface area contributed by atoms with E-state index in [1.807, 2.05) is 32.0 Å². The van der Waals surface area contributed by atoms with E-state index in [0.717, 1.165) is 28.6 Å². The number of rotatable bonds is 4. The third kappa shape index (κ3) is 3.34. The molecule has 2 N–H and O–H groups in total. The molecule has 1 heterocycles. The SMILES string of the molecule is Cc1cccc(-n2c(SC(C)C(N)=O)nc3cc(Cl)ccc3c2=O)c1C. The predicted molar refractivity (Wildman–Crippen MR) is 106 cm³/mol. The Bertz CT molecular complexity index is 1080. The van der Waals surface area contributed by atoms with Crippen LogP contribution in [0.2, 0.25) is 5.02 Å². The summed E-state index contributed by atoms with van der Waals surface area (Å²) in [6, 6.07) is 10.7. The van der Waals surface area contributed by atoms with Crippen LogP contribution in [0.1, 0.15) is 18.1 Å². The average Bonchev–Trinajstić information content (AvgIpc) is 2.58. The smallest absolute Gasteiger partial charge is 0.266 e. The lowest BCUT2D eigenvalue weighted by atomic mass is 10.1. The zero-order valence-electron chi connectivity index (χ0n) is 14.6. The molecule has 0 bridgehead atoms. The van der Waals surface area contributed by atoms with Gasteiger partial charge in [-0.25, -0.2) is 4.98 Å². The third-order valence-electron chi connectivity index (χ3n) is 4.30. The summed E-state index contributed by atoms with van der Waals surface area (Å²) in [5.41, 5.74) is 8.45. The zero-order chi connectivity index (χ0) is 19.0. The largest absolute Gasteiger partial charge is 0.369 e. The second-order valence-corrected chi connectivity index (χ2v) is 7.82. The van der Waals surface area contributed by atoms with Crippen LogP contribution in [0.25, 0.3) is 16.6 Å². The van der Waals surface area contributed by atoms with Crippen LogP contribution in [-0.4, -0.2) is 20.7 Å². The summed E-state index contributed by atoms with van der Waals surface area (Å²) in [5.74, 6) is -0.469. The first-order chi connectivity index (χ1) is 12.3. The molecule has 134 valence electrons. The Labute approximate surface area is 160 Å². The predicted octanol–water partition coefficient (Wildman–Crippen LogP) is 3.62. The molecule has 0 saturated carbocycles. The second kappa shape index (κ2) is 7.13. The van der Waals surface area contributed by atoms with Crippen LogP contribution >= 0.6 is 23.4 Å². The van der Waals surface area contributed by atoms with E-state index >= 15 is 0 Å². The Balaban J connectivity index is 2.36. The van der Waals surface area contributed by atoms with Crippen LogP contribution in [0.15, 0.2) is 46.3 Å². The number of benzene rings is 2. The number of hydrogen-bond acceptors (Lipinski definition) is 4. The van der Waals surface area contributed by atoms with Crippen molar-refractivity contribution in [1.82, 2.24) is 9.55 Å². The number of nitrogens with two attached hydrogens (primary N) is 1. The van der Waals surface area contributed by atoms with Crippen molar-refractivity contribution in [2.75, 3.05) is 0 Å². The Morgan fingerprint density at radius 3 is 2.69 bits per heavy atom. The number of thioether (sulfide) groups is 1. The maximum absolute atomic E-state index is 13.2. The Kier molecular flexibility index (Phi) is 5.07. The molecule has 0 aliphatic carbocycles. The topological polar surface area (TPSA) is 78.0 Å². The monoisotopic (exact) mass is 387 g/mol. The van der Waals surface area contributed by atoms with Crippen LogP contribution in [0.3, 0.4) is 0 Å². The van der Waals surface area contributed by atoms with Crippen LogP contribution in [0, 0.1) is 13.8 Å². The first kappa shape index (κ1) is 18.5. The number of carbonyl (C=O) groups excluding carboxylic acids is 1. The first-order valence-electron chi connectivity index (χ1n) is 8.04. The third-order valence-corrected chi connectivity index (χ3v) is 5.61. The molecule has 7 heteroatoms. The minimum absolute atomic E-state index is 0.209. The molecule has 5 nitrogen and oxygen atoms in total. The van der Waals surface area contributed by atoms with E-state index in [0.29, 0.717) is 21.1 Å². The van der Waals surface area contributed by atoms with Crippen LogP contribution in [0.4, 0.5) is 0 Å². The van der Waals surface area contributed by atoms with Crippen molar-refractivity contribution in [3.63, 3.8) is 0 Å². The van der Waals surface area contributed by atoms with E-state index in [1.165, 1.54) is 0 Å². The van der Waals surface area contributed by atoms with Gasteiger partial charge < -0.3 is 5.73 Å². The molecule has 0 radical (unpaired) electrons. The fourth-order valence-electron chi connectivity index (χ4n) is 2.62. The number of hydrogen-bond donors (Lipinski definition) is 1. The van der Waals surface area contributed by atoms with Gasteiger partial charge in [0.05, 0.1) is 21.8 Å². The van der Waals surface area contributed by atoms with Crippen molar-refractivity contribution in [3.05, 3.63) is 62.9 Å². The van der Waals surface area contributed by atoms with Gasteiger partial charge in [0.25, 0.3) is 5.56 Å². The number of halogens is 1. The number of aryl methyl sites for hydroxylation is 1. The molecule has 0 fully saturated rings. The molecule has 0 aliphatic heterocycles. The Hall–Kier alpha value is -2.31. The molecular weight excluding hydrogens is 370 g/mol. The summed E-state index contributed by atoms with van der Waals surface area (Å²) >= 11 is 7.21. The highest BCUT2D eigenvalue weighted by Crippen LogP contribution is 2.27. The Morgan fingerprint density at radius 2 is 2.00 bits per heavy atom. The van der Waals surface area contributed by atoms with Gasteiger partial charge in [-0.2, -0.15) is 0 Å². The molecule has 1 atom stereocenters. The molecule has 3 aromatic rings. The van der Waals surface area contributed by atoms with E-state index in [2.05, 4.69) is 4.98 Å². The first-order valence-corrected chi connectivity index (χ1v) is 9.30. The molecule has 1 aromatic heterocycles. The summed E-state index contributed by atoms with van der Waals surface area (Å²) in [5, 5.41) is 0.832. The summed E-state index contributed by atoms with van der Waals surface area (Å²) in [4.78, 5) is 29.4. The fraction of sp³-hybridized carbons (Fsp3) is 0.211. The number of primary amides is 1. The van der Waals surface area contributed by atoms with Crippen molar-refractivity contribution in [2.45, 2.75) is 31.2 Å². The zero-order valence-corrected chi connectivity index (χ0v) is 16.2. The summed E-state index contributed by atoms with van der Waals surface area (Å²) < 4.78 is 1.54. The minimum Gasteiger partial charge on any atom is -0.369 e. The standard InChI is InChI=1S/C19H18ClN3O2S/c1-10-5-4-6-16(11(10)2)23-18(25)14-8-7-13(20)9-15(14)22-19(23)26-12(3)17(21)24/h4-9,12H,1-3H3,(H2,21,24). The molecule has 1 amide bonds. The Morgan fingerprint density at radius 1 is 1.27 bits per heavy atom. The minimum atomic E-state index is -0.533. The number of carbonyl (C=O) groups is 1. The lowest BCUT2D eigenvalue weighted by Crippen LogP contribution is -2.27. The molecule has 3 rings (SSSR count). The molecule has 1 unspecified atom stereocenters. The van der Waals surface area contributed by atoms with Gasteiger partial charge in [0.1, 0.15) is 0 Å². The van der Waals surface area contributed by atoms with E-state index < -0.39 is 11.2 Å². The van der Waals surface area contributed by atoms with Gasteiger partial charge in [0, 0.05) is 5.02 Å². The van der Waals surface area contributed by atoms with E-state index in [9.17, 15) is 9.59 Å². The van der Waals surface area contributed by atoms with Crippen molar-refractivity contribution in [3.8, 4) is 5.69 Å². The summed E-state index contributed by atoms with van der Waals surface area (Å²) in [6.07, 6.45) is 0. The molecule has 26 heavy (non-hydrogen) atoms. The number of nitrogens with zero attached hydrogens (tertiary/aromatic N) is 2. The molecule has 2 aromatic carbocycles. The summed E-state index contributed by atoms with van der Waals surface area (Å²) in [7, 11) is 0. The van der Waals surface area contributed by atoms with Crippen molar-refractivity contribution < 1.29 is 4.79 Å². The fourth-order valence-corrected chi connectivity index (χ4v) is 3.66. The maximum Gasteiger partial charge on any atom is 0.266 e. The van der Waals surface area contributed by atoms with E-state index in [1.54, 1.807) is 29.7 Å². The van der Waals surface area contributed by atoms with Gasteiger partial charge in [-0.15, -0.1) is 0 Å². The van der Waals surface area contributed by atoms with E-state index in [-0.39, 0.29) is 5.56 Å².